The van der Waals surface area contributed by atoms with Crippen LogP contribution in [0, 0.1) is 27.7 Å². The lowest BCUT2D eigenvalue weighted by Crippen LogP contribution is -2.41. The number of carboxylic acids is 2. The van der Waals surface area contributed by atoms with Crippen molar-refractivity contribution in [2.75, 3.05) is 49.9 Å². The molecule has 0 saturated carbocycles. The van der Waals surface area contributed by atoms with Crippen molar-refractivity contribution in [1.82, 2.24) is 56.8 Å². The van der Waals surface area contributed by atoms with Crippen LogP contribution in [0.1, 0.15) is 117 Å². The fourth-order valence-corrected chi connectivity index (χ4v) is 12.4. The third-order valence-corrected chi connectivity index (χ3v) is 17.2. The van der Waals surface area contributed by atoms with Crippen molar-refractivity contribution in [2.24, 2.45) is 14.1 Å². The van der Waals surface area contributed by atoms with Gasteiger partial charge in [-0.2, -0.15) is 0 Å². The Kier molecular flexibility index (Phi) is 17.3. The minimum absolute atomic E-state index is 0. The number of nitrogens with zero attached hydrogens (tertiary/aromatic N) is 12. The van der Waals surface area contributed by atoms with E-state index in [0.29, 0.717) is 61.8 Å². The minimum atomic E-state index is -1.04. The largest absolute Gasteiger partial charge is 0.475 e. The van der Waals surface area contributed by atoms with E-state index in [1.165, 1.54) is 0 Å². The van der Waals surface area contributed by atoms with Gasteiger partial charge in [-0.05, 0) is 103 Å². The number of fused-ring (bicyclic) bond motifs is 4. The van der Waals surface area contributed by atoms with Crippen molar-refractivity contribution < 1.29 is 34.1 Å². The van der Waals surface area contributed by atoms with Crippen LogP contribution >= 0.6 is 0 Å². The van der Waals surface area contributed by atoms with Crippen LogP contribution in [-0.2, 0) is 52.9 Å². The molecule has 448 valence electrons. The maximum atomic E-state index is 13.1. The van der Waals surface area contributed by atoms with Gasteiger partial charge in [0.1, 0.15) is 11.5 Å². The second-order valence-electron chi connectivity index (χ2n) is 22.4. The number of likely N-dealkylation sites (tertiary alicyclic amines) is 2. The number of para-hydroxylation sites is 4. The molecule has 85 heavy (non-hydrogen) atoms. The SMILES string of the molecule is CCc1c(C(=O)O)oc(C)c1Cn1c(NC2CCN(CCc3c(C)nc4n(C)ccn4c3=O)CC2)nc2ccccc21.CCc1c(C(=O)O)oc(C)c1Cn1c(NC2CCN(CCc3c(C)nc4n(C)ccn4c3=O)CC2)nc2ccccc21.O. The highest BCUT2D eigenvalue weighted by Gasteiger charge is 2.28. The minimum Gasteiger partial charge on any atom is -0.475 e. The number of aromatic carboxylic acids is 2. The standard InChI is InChI=1S/2C31H37N7O4.H2O/c2*1-5-22-24(20(3)42-27(22)29(40)41)18-38-26-9-7-6-8-25(26)34-30(38)33-21-10-13-36(14-11-21)15-12-23-19(2)32-31-35(4)16-17-37(31)28(23)39;/h2*6-9,16-17,21H,5,10-15,18H2,1-4H3,(H,33,34)(H,40,41);1H2. The first kappa shape index (κ1) is 59.4. The number of aromatic nitrogens is 10. The van der Waals surface area contributed by atoms with Crippen LogP contribution in [0.2, 0.25) is 0 Å². The summed E-state index contributed by atoms with van der Waals surface area (Å²) in [6, 6.07) is 16.5. The Hall–Kier alpha value is -8.80. The van der Waals surface area contributed by atoms with Gasteiger partial charge in [0, 0.05) is 124 Å². The van der Waals surface area contributed by atoms with E-state index < -0.39 is 11.9 Å². The van der Waals surface area contributed by atoms with Gasteiger partial charge in [0.05, 0.1) is 46.5 Å². The van der Waals surface area contributed by atoms with Gasteiger partial charge in [-0.3, -0.25) is 18.4 Å². The Morgan fingerprint density at radius 1 is 0.553 bits per heavy atom. The molecule has 2 aliphatic heterocycles. The third kappa shape index (κ3) is 11.7. The molecule has 0 atom stereocenters. The number of anilines is 2. The van der Waals surface area contributed by atoms with Crippen molar-refractivity contribution in [2.45, 2.75) is 118 Å². The van der Waals surface area contributed by atoms with E-state index in [4.69, 9.17) is 18.8 Å². The molecule has 0 unspecified atom stereocenters. The summed E-state index contributed by atoms with van der Waals surface area (Å²) in [6.45, 7) is 17.6. The number of nitrogens with one attached hydrogen (secondary N) is 2. The van der Waals surface area contributed by atoms with E-state index in [9.17, 15) is 29.4 Å². The maximum Gasteiger partial charge on any atom is 0.372 e. The number of carbonyl (C=O) groups is 2. The molecule has 6 N–H and O–H groups in total. The predicted molar refractivity (Wildman–Crippen MR) is 325 cm³/mol. The second-order valence-corrected chi connectivity index (χ2v) is 22.4. The number of rotatable bonds is 18. The van der Waals surface area contributed by atoms with Gasteiger partial charge < -0.3 is 63.2 Å². The first-order chi connectivity index (χ1) is 40.5. The smallest absolute Gasteiger partial charge is 0.372 e. The summed E-state index contributed by atoms with van der Waals surface area (Å²) >= 11 is 0. The van der Waals surface area contributed by atoms with Gasteiger partial charge in [0.15, 0.2) is 0 Å². The molecule has 10 aromatic rings. The molecule has 2 aromatic carbocycles. The Morgan fingerprint density at radius 2 is 0.929 bits per heavy atom. The van der Waals surface area contributed by atoms with Crippen LogP contribution in [0.25, 0.3) is 33.6 Å². The molecular formula is C62H76N14O9. The first-order valence-corrected chi connectivity index (χ1v) is 29.1. The van der Waals surface area contributed by atoms with E-state index in [2.05, 4.69) is 39.5 Å². The van der Waals surface area contributed by atoms with Gasteiger partial charge in [-0.15, -0.1) is 0 Å². The number of benzene rings is 2. The van der Waals surface area contributed by atoms with Crippen molar-refractivity contribution in [3.05, 3.63) is 162 Å². The van der Waals surface area contributed by atoms with Gasteiger partial charge in [0.25, 0.3) is 11.1 Å². The normalized spacial score (nSPS) is 14.6. The van der Waals surface area contributed by atoms with E-state index >= 15 is 0 Å². The molecule has 0 bridgehead atoms. The van der Waals surface area contributed by atoms with Crippen molar-refractivity contribution in [3.8, 4) is 0 Å². The van der Waals surface area contributed by atoms with Crippen LogP contribution < -0.4 is 21.8 Å². The molecule has 23 heteroatoms. The number of aryl methyl sites for hydroxylation is 6. The average Bonchev–Trinajstić information content (AvgIpc) is 3.52. The lowest BCUT2D eigenvalue weighted by molar-refractivity contribution is 0.0649. The first-order valence-electron chi connectivity index (χ1n) is 29.1. The second kappa shape index (κ2) is 24.8. The molecule has 2 aliphatic rings. The van der Waals surface area contributed by atoms with Crippen molar-refractivity contribution in [3.63, 3.8) is 0 Å². The topological polar surface area (TPSA) is 277 Å². The van der Waals surface area contributed by atoms with Crippen LogP contribution in [-0.4, -0.2) is 136 Å². The molecule has 0 amide bonds. The van der Waals surface area contributed by atoms with Crippen molar-refractivity contribution in [1.29, 1.82) is 0 Å². The molecular weight excluding hydrogens is 1080 g/mol. The fraction of sp³-hybridized carbons (Fsp3) is 0.419. The van der Waals surface area contributed by atoms with Gasteiger partial charge in [-0.25, -0.2) is 29.5 Å². The van der Waals surface area contributed by atoms with E-state index in [-0.39, 0.29) is 40.2 Å². The maximum absolute atomic E-state index is 13.1. The highest BCUT2D eigenvalue weighted by atomic mass is 16.4. The Balaban J connectivity index is 0.000000187. The zero-order valence-electron chi connectivity index (χ0n) is 49.6. The van der Waals surface area contributed by atoms with Crippen LogP contribution in [0.4, 0.5) is 11.9 Å². The summed E-state index contributed by atoms with van der Waals surface area (Å²) in [4.78, 5) is 73.6. The summed E-state index contributed by atoms with van der Waals surface area (Å²) in [7, 11) is 3.79. The predicted octanol–water partition coefficient (Wildman–Crippen LogP) is 7.22. The molecule has 0 spiro atoms. The summed E-state index contributed by atoms with van der Waals surface area (Å²) in [5.74, 6) is 2.08. The summed E-state index contributed by atoms with van der Waals surface area (Å²) < 4.78 is 22.6. The lowest BCUT2D eigenvalue weighted by atomic mass is 10.0. The lowest BCUT2D eigenvalue weighted by Gasteiger charge is -2.32. The zero-order chi connectivity index (χ0) is 59.1. The number of piperidine rings is 2. The number of furan rings is 2. The highest BCUT2D eigenvalue weighted by molar-refractivity contribution is 5.88. The molecule has 2 fully saturated rings. The van der Waals surface area contributed by atoms with Crippen LogP contribution in [0.15, 0.2) is 91.7 Å². The quantitative estimate of drug-likeness (QED) is 0.0660. The van der Waals surface area contributed by atoms with Crippen molar-refractivity contribution >= 4 is 57.5 Å². The fourth-order valence-electron chi connectivity index (χ4n) is 12.4. The van der Waals surface area contributed by atoms with E-state index in [1.807, 2.05) is 126 Å². The average molecular weight is 1160 g/mol. The summed E-state index contributed by atoms with van der Waals surface area (Å²) in [5.41, 5.74) is 10.2. The van der Waals surface area contributed by atoms with Gasteiger partial charge in [-0.1, -0.05) is 38.1 Å². The third-order valence-electron chi connectivity index (χ3n) is 17.2. The number of carboxylic acid groups (broad SMARTS) is 2. The molecule has 0 radical (unpaired) electrons. The van der Waals surface area contributed by atoms with Crippen LogP contribution in [0.3, 0.4) is 0 Å². The molecule has 10 heterocycles. The van der Waals surface area contributed by atoms with Gasteiger partial charge in [0.2, 0.25) is 35.0 Å². The zero-order valence-corrected chi connectivity index (χ0v) is 49.6. The highest BCUT2D eigenvalue weighted by Crippen LogP contribution is 2.31. The number of hydrogen-bond donors (Lipinski definition) is 4. The monoisotopic (exact) mass is 1160 g/mol. The molecule has 0 aliphatic carbocycles. The Labute approximate surface area is 490 Å². The Bertz CT molecular complexity index is 3940. The Morgan fingerprint density at radius 3 is 1.29 bits per heavy atom. The van der Waals surface area contributed by atoms with E-state index in [0.717, 1.165) is 144 Å². The van der Waals surface area contributed by atoms with E-state index in [1.54, 1.807) is 21.2 Å². The van der Waals surface area contributed by atoms with Crippen LogP contribution in [0.5, 0.6) is 0 Å². The summed E-state index contributed by atoms with van der Waals surface area (Å²) in [6.07, 6.45) is 13.5. The summed E-state index contributed by atoms with van der Waals surface area (Å²) in [5, 5.41) is 26.7. The number of imidazole rings is 4. The number of hydrogen-bond acceptors (Lipinski definition) is 14. The molecule has 12 rings (SSSR count). The molecule has 8 aromatic heterocycles. The molecule has 2 saturated heterocycles. The van der Waals surface area contributed by atoms with Gasteiger partial charge >= 0.3 is 11.9 Å². The molecule has 23 nitrogen and oxygen atoms in total.